The van der Waals surface area contributed by atoms with Gasteiger partial charge in [-0.15, -0.1) is 0 Å². The lowest BCUT2D eigenvalue weighted by molar-refractivity contribution is -0.885. The summed E-state index contributed by atoms with van der Waals surface area (Å²) in [4.78, 5) is 14.4. The maximum atomic E-state index is 10.6. The van der Waals surface area contributed by atoms with E-state index in [0.717, 1.165) is 0 Å². The number of rotatable bonds is 4. The molecule has 0 spiro atoms. The Bertz CT molecular complexity index is 408. The van der Waals surface area contributed by atoms with Crippen molar-refractivity contribution in [2.45, 2.75) is 25.4 Å². The molecule has 1 N–H and O–H groups in total. The van der Waals surface area contributed by atoms with Crippen molar-refractivity contribution in [1.29, 1.82) is 0 Å². The maximum absolute atomic E-state index is 10.6. The third kappa shape index (κ3) is 3.11. The molecule has 1 saturated heterocycles. The zero-order chi connectivity index (χ0) is 13.1. The second-order valence-corrected chi connectivity index (χ2v) is 5.16. The Morgan fingerprint density at radius 1 is 1.50 bits per heavy atom. The number of quaternary nitrogens is 1. The molecule has 1 aromatic rings. The van der Waals surface area contributed by atoms with Crippen LogP contribution in [0.5, 0.6) is 0 Å². The van der Waals surface area contributed by atoms with E-state index in [9.17, 15) is 9.90 Å². The van der Waals surface area contributed by atoms with Crippen LogP contribution in [-0.4, -0.2) is 44.1 Å². The van der Waals surface area contributed by atoms with E-state index >= 15 is 0 Å². The van der Waals surface area contributed by atoms with Gasteiger partial charge >= 0.3 is 0 Å². The summed E-state index contributed by atoms with van der Waals surface area (Å²) in [7, 11) is 4.28. The van der Waals surface area contributed by atoms with Gasteiger partial charge in [0.2, 0.25) is 0 Å². The van der Waals surface area contributed by atoms with Gasteiger partial charge < -0.3 is 19.2 Å². The zero-order valence-electron chi connectivity index (χ0n) is 10.9. The highest BCUT2D eigenvalue weighted by atomic mass is 16.4. The minimum Gasteiger partial charge on any atom is -0.542 e. The van der Waals surface area contributed by atoms with E-state index in [1.54, 1.807) is 11.0 Å². The molecule has 0 aromatic carbocycles. The van der Waals surface area contributed by atoms with E-state index in [4.69, 9.17) is 4.42 Å². The van der Waals surface area contributed by atoms with Crippen molar-refractivity contribution in [3.63, 3.8) is 0 Å². The number of nitrogens with zero attached hydrogens (tertiary/aromatic N) is 1. The molecule has 0 bridgehead atoms. The fourth-order valence-electron chi connectivity index (χ4n) is 2.48. The Balaban J connectivity index is 1.90. The number of likely N-dealkylation sites (tertiary alicyclic amines) is 1. The van der Waals surface area contributed by atoms with Crippen LogP contribution in [0.4, 0.5) is 0 Å². The van der Waals surface area contributed by atoms with Crippen LogP contribution in [-0.2, 0) is 6.54 Å². The Kier molecular flexibility index (Phi) is 4.04. The Morgan fingerprint density at radius 2 is 2.17 bits per heavy atom. The van der Waals surface area contributed by atoms with Crippen molar-refractivity contribution in [3.05, 3.63) is 23.7 Å². The Hall–Kier alpha value is -1.33. The predicted molar refractivity (Wildman–Crippen MR) is 64.1 cm³/mol. The highest BCUT2D eigenvalue weighted by Gasteiger charge is 2.23. The van der Waals surface area contributed by atoms with E-state index in [-0.39, 0.29) is 5.76 Å². The molecule has 2 heterocycles. The lowest BCUT2D eigenvalue weighted by Crippen LogP contribution is -3.10. The summed E-state index contributed by atoms with van der Waals surface area (Å²) in [6.07, 6.45) is 2.35. The molecule has 0 saturated carbocycles. The number of nitrogens with one attached hydrogen (secondary N) is 1. The molecule has 100 valence electrons. The minimum absolute atomic E-state index is 0.0915. The molecule has 1 aliphatic rings. The zero-order valence-corrected chi connectivity index (χ0v) is 10.9. The lowest BCUT2D eigenvalue weighted by atomic mass is 10.0. The summed E-state index contributed by atoms with van der Waals surface area (Å²) in [5.74, 6) is -0.666. The van der Waals surface area contributed by atoms with Crippen LogP contribution >= 0.6 is 0 Å². The van der Waals surface area contributed by atoms with Gasteiger partial charge in [-0.25, -0.2) is 0 Å². The van der Waals surface area contributed by atoms with E-state index in [1.807, 2.05) is 0 Å². The first-order valence-corrected chi connectivity index (χ1v) is 6.38. The molecular formula is C13H20N2O3. The van der Waals surface area contributed by atoms with Crippen LogP contribution in [0.2, 0.25) is 0 Å². The molecule has 18 heavy (non-hydrogen) atoms. The molecule has 5 heteroatoms. The predicted octanol–water partition coefficient (Wildman–Crippen LogP) is -1.25. The number of piperidine rings is 1. The summed E-state index contributed by atoms with van der Waals surface area (Å²) >= 11 is 0. The van der Waals surface area contributed by atoms with Crippen molar-refractivity contribution >= 4 is 5.97 Å². The van der Waals surface area contributed by atoms with Crippen molar-refractivity contribution < 1.29 is 19.2 Å². The van der Waals surface area contributed by atoms with Crippen molar-refractivity contribution in [2.24, 2.45) is 0 Å². The molecule has 1 fully saturated rings. The Labute approximate surface area is 107 Å². The average molecular weight is 252 g/mol. The van der Waals surface area contributed by atoms with E-state index < -0.39 is 5.97 Å². The number of carbonyl (C=O) groups excluding carboxylic acids is 1. The van der Waals surface area contributed by atoms with Crippen molar-refractivity contribution in [1.82, 2.24) is 4.90 Å². The SMILES string of the molecule is CN(Cc1ccc(C(=O)[O-])o1)C1CC[NH+](C)CC1. The van der Waals surface area contributed by atoms with Crippen molar-refractivity contribution in [2.75, 3.05) is 27.2 Å². The topological polar surface area (TPSA) is 61.0 Å². The number of carbonyl (C=O) groups is 1. The maximum Gasteiger partial charge on any atom is 0.149 e. The summed E-state index contributed by atoms with van der Waals surface area (Å²) in [5.41, 5.74) is 0. The van der Waals surface area contributed by atoms with E-state index in [0.29, 0.717) is 18.3 Å². The van der Waals surface area contributed by atoms with Gasteiger partial charge in [-0.2, -0.15) is 0 Å². The van der Waals surface area contributed by atoms with Crippen LogP contribution in [0.3, 0.4) is 0 Å². The number of hydrogen-bond acceptors (Lipinski definition) is 4. The molecule has 1 aromatic heterocycles. The van der Waals surface area contributed by atoms with Gasteiger partial charge in [-0.3, -0.25) is 4.90 Å². The molecule has 0 unspecified atom stereocenters. The van der Waals surface area contributed by atoms with Gasteiger partial charge in [0.25, 0.3) is 0 Å². The number of hydrogen-bond donors (Lipinski definition) is 1. The van der Waals surface area contributed by atoms with Crippen LogP contribution < -0.4 is 10.0 Å². The summed E-state index contributed by atoms with van der Waals surface area (Å²) in [6, 6.07) is 3.73. The molecule has 1 aliphatic heterocycles. The first-order valence-electron chi connectivity index (χ1n) is 6.38. The molecule has 0 amide bonds. The summed E-state index contributed by atoms with van der Waals surface area (Å²) in [6.45, 7) is 3.03. The molecule has 0 aliphatic carbocycles. The van der Waals surface area contributed by atoms with Crippen LogP contribution in [0.1, 0.15) is 29.2 Å². The van der Waals surface area contributed by atoms with Gasteiger partial charge in [0.1, 0.15) is 17.5 Å². The van der Waals surface area contributed by atoms with Gasteiger partial charge in [0, 0.05) is 18.9 Å². The van der Waals surface area contributed by atoms with Crippen LogP contribution in [0.25, 0.3) is 0 Å². The fourth-order valence-corrected chi connectivity index (χ4v) is 2.48. The molecule has 2 rings (SSSR count). The van der Waals surface area contributed by atoms with Gasteiger partial charge in [-0.05, 0) is 19.2 Å². The highest BCUT2D eigenvalue weighted by Crippen LogP contribution is 2.14. The highest BCUT2D eigenvalue weighted by molar-refractivity contribution is 5.82. The number of carboxylic acids is 1. The molecule has 5 nitrogen and oxygen atoms in total. The normalized spacial score (nSPS) is 24.4. The second kappa shape index (κ2) is 5.54. The quantitative estimate of drug-likeness (QED) is 0.727. The number of furan rings is 1. The van der Waals surface area contributed by atoms with Gasteiger partial charge in [-0.1, -0.05) is 0 Å². The third-order valence-corrected chi connectivity index (χ3v) is 3.70. The monoisotopic (exact) mass is 252 g/mol. The van der Waals surface area contributed by atoms with E-state index in [2.05, 4.69) is 19.0 Å². The first kappa shape index (κ1) is 13.1. The first-order chi connectivity index (χ1) is 8.56. The number of carboxylic acid groups (broad SMARTS) is 1. The molecule has 0 radical (unpaired) electrons. The summed E-state index contributed by atoms with van der Waals surface area (Å²) < 4.78 is 5.22. The van der Waals surface area contributed by atoms with Gasteiger partial charge in [0.05, 0.1) is 26.7 Å². The smallest absolute Gasteiger partial charge is 0.149 e. The minimum atomic E-state index is -1.26. The van der Waals surface area contributed by atoms with Crippen LogP contribution in [0, 0.1) is 0 Å². The van der Waals surface area contributed by atoms with E-state index in [1.165, 1.54) is 32.0 Å². The standard InChI is InChI=1S/C13H20N2O3/c1-14-7-5-10(6-8-14)15(2)9-11-3-4-12(18-11)13(16)17/h3-4,10H,5-9H2,1-2H3,(H,16,17). The van der Waals surface area contributed by atoms with Crippen LogP contribution in [0.15, 0.2) is 16.5 Å². The molecule has 0 atom stereocenters. The third-order valence-electron chi connectivity index (χ3n) is 3.70. The molecular weight excluding hydrogens is 232 g/mol. The number of aromatic carboxylic acids is 1. The lowest BCUT2D eigenvalue weighted by Gasteiger charge is -2.32. The second-order valence-electron chi connectivity index (χ2n) is 5.16. The Morgan fingerprint density at radius 3 is 2.72 bits per heavy atom. The summed E-state index contributed by atoms with van der Waals surface area (Å²) in [5, 5.41) is 10.6. The average Bonchev–Trinajstić information content (AvgIpc) is 2.78. The fraction of sp³-hybridized carbons (Fsp3) is 0.615. The van der Waals surface area contributed by atoms with Gasteiger partial charge in [0.15, 0.2) is 0 Å². The largest absolute Gasteiger partial charge is 0.542 e. The van der Waals surface area contributed by atoms with Crippen molar-refractivity contribution in [3.8, 4) is 0 Å².